The Morgan fingerprint density at radius 1 is 1.35 bits per heavy atom. The Bertz CT molecular complexity index is 769. The summed E-state index contributed by atoms with van der Waals surface area (Å²) < 4.78 is 43.7. The largest absolute Gasteiger partial charge is 0.490 e. The smallest absolute Gasteiger partial charge is 0.475 e. The standard InChI is InChI=1S/C17H26N4O3.C2HF3O2/c1-13-9-18-10-15(19-13)24-14-5-7-23-17(8-14)11-21(12-17)16(22)4-6-20(2)3;3-2(4,5)1(6)7/h9-10,14H,4-8,11-12H2,1-3H3;(H,6,7). The minimum Gasteiger partial charge on any atom is -0.475 e. The van der Waals surface area contributed by atoms with Crippen molar-refractivity contribution in [1.29, 1.82) is 0 Å². The number of aromatic nitrogens is 2. The summed E-state index contributed by atoms with van der Waals surface area (Å²) in [5.74, 6) is -1.99. The van der Waals surface area contributed by atoms with E-state index in [2.05, 4.69) is 9.97 Å². The molecule has 1 aromatic rings. The van der Waals surface area contributed by atoms with Gasteiger partial charge in [0.05, 0.1) is 31.6 Å². The Balaban J connectivity index is 0.000000423. The van der Waals surface area contributed by atoms with Crippen LogP contribution in [0.2, 0.25) is 0 Å². The van der Waals surface area contributed by atoms with Crippen molar-refractivity contribution < 1.29 is 37.3 Å². The highest BCUT2D eigenvalue weighted by Crippen LogP contribution is 2.35. The number of aliphatic carboxylic acids is 1. The lowest BCUT2D eigenvalue weighted by molar-refractivity contribution is -0.193. The number of rotatable bonds is 5. The Hall–Kier alpha value is -2.47. The van der Waals surface area contributed by atoms with Crippen molar-refractivity contribution in [3.05, 3.63) is 18.1 Å². The molecule has 31 heavy (non-hydrogen) atoms. The van der Waals surface area contributed by atoms with E-state index in [9.17, 15) is 18.0 Å². The molecular weight excluding hydrogens is 421 g/mol. The van der Waals surface area contributed by atoms with Gasteiger partial charge in [0.25, 0.3) is 0 Å². The number of carboxylic acids is 1. The number of hydrogen-bond donors (Lipinski definition) is 1. The van der Waals surface area contributed by atoms with Gasteiger partial charge in [0.15, 0.2) is 0 Å². The molecule has 174 valence electrons. The molecule has 12 heteroatoms. The lowest BCUT2D eigenvalue weighted by atomic mass is 9.84. The summed E-state index contributed by atoms with van der Waals surface area (Å²) in [5, 5.41) is 7.12. The number of ether oxygens (including phenoxy) is 2. The third-order valence-electron chi connectivity index (χ3n) is 4.79. The van der Waals surface area contributed by atoms with E-state index in [0.717, 1.165) is 25.1 Å². The second-order valence-corrected chi connectivity index (χ2v) is 7.87. The summed E-state index contributed by atoms with van der Waals surface area (Å²) in [6.45, 7) is 4.66. The molecule has 0 bridgehead atoms. The molecule has 0 saturated carbocycles. The van der Waals surface area contributed by atoms with Crippen molar-refractivity contribution in [1.82, 2.24) is 19.8 Å². The maximum absolute atomic E-state index is 12.2. The molecule has 1 aromatic heterocycles. The van der Waals surface area contributed by atoms with E-state index in [0.29, 0.717) is 32.0 Å². The van der Waals surface area contributed by atoms with Gasteiger partial charge in [-0.15, -0.1) is 0 Å². The van der Waals surface area contributed by atoms with Crippen LogP contribution >= 0.6 is 0 Å². The van der Waals surface area contributed by atoms with Crippen LogP contribution in [0.15, 0.2) is 12.4 Å². The summed E-state index contributed by atoms with van der Waals surface area (Å²) in [5.41, 5.74) is 0.601. The van der Waals surface area contributed by atoms with Crippen molar-refractivity contribution >= 4 is 11.9 Å². The molecule has 2 aliphatic rings. The van der Waals surface area contributed by atoms with Crippen molar-refractivity contribution in [3.8, 4) is 5.88 Å². The van der Waals surface area contributed by atoms with Gasteiger partial charge in [-0.25, -0.2) is 9.78 Å². The number of carbonyl (C=O) groups excluding carboxylic acids is 1. The minimum atomic E-state index is -5.08. The summed E-state index contributed by atoms with van der Waals surface area (Å²) in [6.07, 6.45) is 0.524. The maximum Gasteiger partial charge on any atom is 0.490 e. The van der Waals surface area contributed by atoms with Crippen LogP contribution in [0.3, 0.4) is 0 Å². The lowest BCUT2D eigenvalue weighted by Gasteiger charge is -2.52. The second-order valence-electron chi connectivity index (χ2n) is 7.87. The molecule has 3 heterocycles. The maximum atomic E-state index is 12.2. The Labute approximate surface area is 178 Å². The third kappa shape index (κ3) is 7.62. The molecule has 0 aromatic carbocycles. The number of alkyl halides is 3. The van der Waals surface area contributed by atoms with Crippen LogP contribution in [0.25, 0.3) is 0 Å². The molecule has 9 nitrogen and oxygen atoms in total. The molecule has 0 radical (unpaired) electrons. The number of hydrogen-bond acceptors (Lipinski definition) is 7. The Kier molecular flexibility index (Phi) is 8.18. The van der Waals surface area contributed by atoms with E-state index >= 15 is 0 Å². The molecule has 1 unspecified atom stereocenters. The molecule has 2 aliphatic heterocycles. The fraction of sp³-hybridized carbons (Fsp3) is 0.684. The highest BCUT2D eigenvalue weighted by Gasteiger charge is 2.49. The molecule has 1 atom stereocenters. The molecule has 3 rings (SSSR count). The van der Waals surface area contributed by atoms with Crippen molar-refractivity contribution in [2.75, 3.05) is 40.3 Å². The van der Waals surface area contributed by atoms with E-state index in [1.165, 1.54) is 0 Å². The van der Waals surface area contributed by atoms with Gasteiger partial charge in [0, 0.05) is 32.0 Å². The molecule has 0 aliphatic carbocycles. The number of likely N-dealkylation sites (tertiary alicyclic amines) is 1. The molecule has 2 saturated heterocycles. The van der Waals surface area contributed by atoms with E-state index in [-0.39, 0.29) is 17.6 Å². The average molecular weight is 448 g/mol. The first-order chi connectivity index (χ1) is 14.4. The van der Waals surface area contributed by atoms with Crippen LogP contribution in [0.4, 0.5) is 13.2 Å². The third-order valence-corrected chi connectivity index (χ3v) is 4.79. The zero-order valence-electron chi connectivity index (χ0n) is 17.7. The highest BCUT2D eigenvalue weighted by molar-refractivity contribution is 5.77. The number of carboxylic acid groups (broad SMARTS) is 1. The van der Waals surface area contributed by atoms with Crippen LogP contribution in [-0.2, 0) is 14.3 Å². The van der Waals surface area contributed by atoms with Crippen LogP contribution in [0.1, 0.15) is 25.0 Å². The minimum absolute atomic E-state index is 0.0638. The van der Waals surface area contributed by atoms with Crippen molar-refractivity contribution in [2.24, 2.45) is 0 Å². The Morgan fingerprint density at radius 2 is 2.00 bits per heavy atom. The zero-order valence-corrected chi connectivity index (χ0v) is 17.7. The molecule has 1 amide bonds. The van der Waals surface area contributed by atoms with Crippen LogP contribution in [-0.4, -0.2) is 95.0 Å². The van der Waals surface area contributed by atoms with Crippen molar-refractivity contribution in [3.63, 3.8) is 0 Å². The number of nitrogens with zero attached hydrogens (tertiary/aromatic N) is 4. The van der Waals surface area contributed by atoms with E-state index < -0.39 is 12.1 Å². The molecule has 2 fully saturated rings. The number of amides is 1. The predicted octanol–water partition coefficient (Wildman–Crippen LogP) is 1.51. The van der Waals surface area contributed by atoms with Gasteiger partial charge in [0.2, 0.25) is 11.8 Å². The monoisotopic (exact) mass is 448 g/mol. The van der Waals surface area contributed by atoms with Gasteiger partial charge < -0.3 is 24.4 Å². The van der Waals surface area contributed by atoms with Gasteiger partial charge >= 0.3 is 12.1 Å². The summed E-state index contributed by atoms with van der Waals surface area (Å²) in [4.78, 5) is 33.4. The number of carbonyl (C=O) groups is 2. The van der Waals surface area contributed by atoms with Gasteiger partial charge in [-0.3, -0.25) is 9.78 Å². The fourth-order valence-electron chi connectivity index (χ4n) is 3.27. The van der Waals surface area contributed by atoms with Crippen LogP contribution < -0.4 is 4.74 Å². The lowest BCUT2D eigenvalue weighted by Crippen LogP contribution is -2.67. The van der Waals surface area contributed by atoms with Gasteiger partial charge in [-0.1, -0.05) is 0 Å². The van der Waals surface area contributed by atoms with Gasteiger partial charge in [-0.2, -0.15) is 13.2 Å². The normalized spacial score (nSPS) is 20.0. The first-order valence-corrected chi connectivity index (χ1v) is 9.72. The van der Waals surface area contributed by atoms with E-state index in [1.807, 2.05) is 30.8 Å². The highest BCUT2D eigenvalue weighted by atomic mass is 19.4. The molecule has 1 N–H and O–H groups in total. The second kappa shape index (κ2) is 10.2. The predicted molar refractivity (Wildman–Crippen MR) is 103 cm³/mol. The van der Waals surface area contributed by atoms with E-state index in [4.69, 9.17) is 19.4 Å². The summed E-state index contributed by atoms with van der Waals surface area (Å²) in [6, 6.07) is 0. The Morgan fingerprint density at radius 3 is 2.55 bits per heavy atom. The molecule has 1 spiro atoms. The zero-order chi connectivity index (χ0) is 23.2. The fourth-order valence-corrected chi connectivity index (χ4v) is 3.27. The van der Waals surface area contributed by atoms with Crippen molar-refractivity contribution in [2.45, 2.75) is 44.1 Å². The van der Waals surface area contributed by atoms with Crippen LogP contribution in [0.5, 0.6) is 5.88 Å². The SMILES string of the molecule is Cc1cncc(OC2CCOC3(C2)CN(C(=O)CCN(C)C)C3)n1.O=C(O)C(F)(F)F. The quantitative estimate of drug-likeness (QED) is 0.723. The first-order valence-electron chi connectivity index (χ1n) is 9.72. The van der Waals surface area contributed by atoms with Crippen LogP contribution in [0, 0.1) is 6.92 Å². The molecular formula is C19H27F3N4O5. The van der Waals surface area contributed by atoms with Gasteiger partial charge in [-0.05, 0) is 21.0 Å². The summed E-state index contributed by atoms with van der Waals surface area (Å²) >= 11 is 0. The first kappa shape index (κ1) is 24.8. The van der Waals surface area contributed by atoms with E-state index in [1.54, 1.807) is 12.4 Å². The topological polar surface area (TPSA) is 105 Å². The average Bonchev–Trinajstić information content (AvgIpc) is 2.64. The number of aryl methyl sites for hydroxylation is 1. The van der Waals surface area contributed by atoms with Gasteiger partial charge in [0.1, 0.15) is 11.7 Å². The number of halogens is 3. The summed E-state index contributed by atoms with van der Waals surface area (Å²) in [7, 11) is 3.95.